The standard InChI is InChI=1S/C14H16FNO7S/c1-14(2,3)22-13(19)16-9-5-4-6-11(23-24(15,20)21)8(9)7-10(16)12(17)18/h4-6,10H,7H2,1-3H3,(H,17,18). The smallest absolute Gasteiger partial charge is 0.480 e. The lowest BCUT2D eigenvalue weighted by molar-refractivity contribution is -0.138. The number of halogens is 1. The normalized spacial score (nSPS) is 17.3. The summed E-state index contributed by atoms with van der Waals surface area (Å²) in [6, 6.07) is 2.58. The molecule has 1 atom stereocenters. The predicted octanol–water partition coefficient (Wildman–Crippen LogP) is 2.03. The van der Waals surface area contributed by atoms with E-state index in [9.17, 15) is 27.0 Å². The van der Waals surface area contributed by atoms with Crippen molar-refractivity contribution in [2.24, 2.45) is 0 Å². The van der Waals surface area contributed by atoms with E-state index in [0.29, 0.717) is 0 Å². The highest BCUT2D eigenvalue weighted by molar-refractivity contribution is 7.81. The highest BCUT2D eigenvalue weighted by atomic mass is 32.3. The van der Waals surface area contributed by atoms with Gasteiger partial charge in [0.05, 0.1) is 5.69 Å². The number of ether oxygens (including phenoxy) is 1. The minimum Gasteiger partial charge on any atom is -0.480 e. The molecule has 8 nitrogen and oxygen atoms in total. The average Bonchev–Trinajstić information content (AvgIpc) is 2.75. The molecule has 1 unspecified atom stereocenters. The maximum Gasteiger partial charge on any atom is 0.488 e. The molecule has 0 saturated heterocycles. The van der Waals surface area contributed by atoms with Crippen LogP contribution in [0.4, 0.5) is 14.4 Å². The number of anilines is 1. The molecule has 1 heterocycles. The zero-order valence-corrected chi connectivity index (χ0v) is 14.0. The van der Waals surface area contributed by atoms with Crippen molar-refractivity contribution < 1.29 is 35.9 Å². The van der Waals surface area contributed by atoms with Crippen molar-refractivity contribution >= 4 is 28.3 Å². The van der Waals surface area contributed by atoms with Gasteiger partial charge >= 0.3 is 22.6 Å². The third-order valence-electron chi connectivity index (χ3n) is 3.14. The van der Waals surface area contributed by atoms with E-state index in [1.807, 2.05) is 0 Å². The minimum atomic E-state index is -5.29. The van der Waals surface area contributed by atoms with Crippen LogP contribution < -0.4 is 9.08 Å². The van der Waals surface area contributed by atoms with E-state index >= 15 is 0 Å². The lowest BCUT2D eigenvalue weighted by Crippen LogP contribution is -2.45. The summed E-state index contributed by atoms with van der Waals surface area (Å²) < 4.78 is 43.6. The Morgan fingerprint density at radius 3 is 2.46 bits per heavy atom. The Labute approximate surface area is 138 Å². The van der Waals surface area contributed by atoms with Crippen LogP contribution in [0.2, 0.25) is 0 Å². The lowest BCUT2D eigenvalue weighted by Gasteiger charge is -2.27. The molecule has 1 aliphatic rings. The average molecular weight is 361 g/mol. The van der Waals surface area contributed by atoms with Gasteiger partial charge in [0.2, 0.25) is 0 Å². The number of amides is 1. The van der Waals surface area contributed by atoms with Gasteiger partial charge in [-0.2, -0.15) is 8.42 Å². The summed E-state index contributed by atoms with van der Waals surface area (Å²) in [5.74, 6) is -1.68. The Morgan fingerprint density at radius 1 is 1.33 bits per heavy atom. The van der Waals surface area contributed by atoms with Crippen LogP contribution in [0.5, 0.6) is 5.75 Å². The van der Waals surface area contributed by atoms with Crippen molar-refractivity contribution in [3.8, 4) is 5.75 Å². The van der Waals surface area contributed by atoms with E-state index in [1.165, 1.54) is 18.2 Å². The summed E-state index contributed by atoms with van der Waals surface area (Å²) in [6.45, 7) is 4.85. The third kappa shape index (κ3) is 3.94. The molecule has 24 heavy (non-hydrogen) atoms. The van der Waals surface area contributed by atoms with Gasteiger partial charge in [0, 0.05) is 12.0 Å². The summed E-state index contributed by atoms with van der Waals surface area (Å²) in [5.41, 5.74) is -0.672. The zero-order valence-electron chi connectivity index (χ0n) is 13.1. The number of aliphatic carboxylic acids is 1. The van der Waals surface area contributed by atoms with Gasteiger partial charge in [0.1, 0.15) is 11.6 Å². The van der Waals surface area contributed by atoms with E-state index in [1.54, 1.807) is 20.8 Å². The van der Waals surface area contributed by atoms with Crippen LogP contribution >= 0.6 is 0 Å². The Kier molecular flexibility index (Phi) is 4.44. The molecule has 0 aliphatic carbocycles. The molecule has 0 bridgehead atoms. The summed E-state index contributed by atoms with van der Waals surface area (Å²) in [7, 11) is -5.29. The minimum absolute atomic E-state index is 0.0944. The van der Waals surface area contributed by atoms with Crippen molar-refractivity contribution in [1.29, 1.82) is 0 Å². The van der Waals surface area contributed by atoms with Crippen LogP contribution in [0.1, 0.15) is 26.3 Å². The second-order valence-corrected chi connectivity index (χ2v) is 7.09. The van der Waals surface area contributed by atoms with Crippen molar-refractivity contribution in [1.82, 2.24) is 0 Å². The topological polar surface area (TPSA) is 110 Å². The van der Waals surface area contributed by atoms with Crippen molar-refractivity contribution in [3.05, 3.63) is 23.8 Å². The van der Waals surface area contributed by atoms with E-state index in [2.05, 4.69) is 4.18 Å². The highest BCUT2D eigenvalue weighted by Crippen LogP contribution is 2.39. The molecule has 0 saturated carbocycles. The summed E-state index contributed by atoms with van der Waals surface area (Å²) in [6.07, 6.45) is -1.15. The first-order chi connectivity index (χ1) is 10.9. The molecular formula is C14H16FNO7S. The first-order valence-corrected chi connectivity index (χ1v) is 8.21. The largest absolute Gasteiger partial charge is 0.488 e. The second-order valence-electron chi connectivity index (χ2n) is 6.14. The van der Waals surface area contributed by atoms with Crippen LogP contribution in [0.3, 0.4) is 0 Å². The number of fused-ring (bicyclic) bond motifs is 1. The molecule has 0 fully saturated rings. The fourth-order valence-electron chi connectivity index (χ4n) is 2.36. The zero-order chi connectivity index (χ0) is 18.3. The number of rotatable bonds is 3. The molecular weight excluding hydrogens is 345 g/mol. The van der Waals surface area contributed by atoms with E-state index in [4.69, 9.17) is 4.74 Å². The van der Waals surface area contributed by atoms with Gasteiger partial charge < -0.3 is 14.0 Å². The first-order valence-electron chi connectivity index (χ1n) is 6.90. The first kappa shape index (κ1) is 18.0. The predicted molar refractivity (Wildman–Crippen MR) is 80.9 cm³/mol. The molecule has 1 aromatic rings. The van der Waals surface area contributed by atoms with Crippen LogP contribution in [-0.2, 0) is 26.5 Å². The van der Waals surface area contributed by atoms with Crippen LogP contribution in [0.15, 0.2) is 18.2 Å². The quantitative estimate of drug-likeness (QED) is 0.820. The van der Waals surface area contributed by atoms with E-state index in [0.717, 1.165) is 4.90 Å². The summed E-state index contributed by atoms with van der Waals surface area (Å²) >= 11 is 0. The van der Waals surface area contributed by atoms with Crippen LogP contribution in [0.25, 0.3) is 0 Å². The molecule has 10 heteroatoms. The molecule has 0 radical (unpaired) electrons. The number of carboxylic acids is 1. The van der Waals surface area contributed by atoms with Crippen molar-refractivity contribution in [2.75, 3.05) is 4.90 Å². The molecule has 1 aliphatic heterocycles. The monoisotopic (exact) mass is 361 g/mol. The van der Waals surface area contributed by atoms with Gasteiger partial charge in [-0.05, 0) is 32.9 Å². The van der Waals surface area contributed by atoms with Gasteiger partial charge in [0.25, 0.3) is 0 Å². The summed E-state index contributed by atoms with van der Waals surface area (Å²) in [5, 5.41) is 9.34. The van der Waals surface area contributed by atoms with Gasteiger partial charge in [-0.1, -0.05) is 9.95 Å². The fourth-order valence-corrected chi connectivity index (χ4v) is 2.73. The Bertz CT molecular complexity index is 785. The van der Waals surface area contributed by atoms with Gasteiger partial charge in [-0.15, -0.1) is 0 Å². The third-order valence-corrected chi connectivity index (χ3v) is 3.52. The Balaban J connectivity index is 2.48. The SMILES string of the molecule is CC(C)(C)OC(=O)N1c2cccc(OS(=O)(=O)F)c2CC1C(=O)O. The molecule has 0 aromatic heterocycles. The Morgan fingerprint density at radius 2 is 1.96 bits per heavy atom. The maximum atomic E-state index is 12.8. The number of benzene rings is 1. The molecule has 2 rings (SSSR count). The van der Waals surface area contributed by atoms with E-state index in [-0.39, 0.29) is 23.4 Å². The number of nitrogens with zero attached hydrogens (tertiary/aromatic N) is 1. The number of carboxylic acid groups (broad SMARTS) is 1. The molecule has 1 N–H and O–H groups in total. The fraction of sp³-hybridized carbons (Fsp3) is 0.429. The van der Waals surface area contributed by atoms with Gasteiger partial charge in [-0.25, -0.2) is 9.59 Å². The lowest BCUT2D eigenvalue weighted by atomic mass is 10.1. The number of hydrogen-bond acceptors (Lipinski definition) is 6. The molecule has 0 spiro atoms. The molecule has 1 amide bonds. The highest BCUT2D eigenvalue weighted by Gasteiger charge is 2.42. The number of hydrogen-bond donors (Lipinski definition) is 1. The van der Waals surface area contributed by atoms with Crippen molar-refractivity contribution in [3.63, 3.8) is 0 Å². The summed E-state index contributed by atoms with van der Waals surface area (Å²) in [4.78, 5) is 24.7. The molecule has 1 aromatic carbocycles. The second kappa shape index (κ2) is 5.93. The van der Waals surface area contributed by atoms with Crippen LogP contribution in [0, 0.1) is 0 Å². The maximum absolute atomic E-state index is 12.8. The molecule has 132 valence electrons. The van der Waals surface area contributed by atoms with Crippen LogP contribution in [-0.4, -0.2) is 37.2 Å². The van der Waals surface area contributed by atoms with E-state index < -0.39 is 34.2 Å². The van der Waals surface area contributed by atoms with Crippen molar-refractivity contribution in [2.45, 2.75) is 38.8 Å². The van der Waals surface area contributed by atoms with Gasteiger partial charge in [-0.3, -0.25) is 4.90 Å². The number of carbonyl (C=O) groups excluding carboxylic acids is 1. The van der Waals surface area contributed by atoms with Gasteiger partial charge in [0.15, 0.2) is 5.75 Å². The number of carbonyl (C=O) groups is 2. The Hall–Kier alpha value is -2.36.